The lowest BCUT2D eigenvalue weighted by Gasteiger charge is -2.33. The molecule has 1 unspecified atom stereocenters. The molecule has 0 saturated carbocycles. The van der Waals surface area contributed by atoms with E-state index in [-0.39, 0.29) is 13.0 Å². The summed E-state index contributed by atoms with van der Waals surface area (Å²) in [6, 6.07) is 0. The molecule has 1 N–H and O–H groups in total. The van der Waals surface area contributed by atoms with Crippen LogP contribution in [0.15, 0.2) is 0 Å². The molecule has 0 spiro atoms. The Morgan fingerprint density at radius 2 is 2.20 bits per heavy atom. The van der Waals surface area contributed by atoms with E-state index in [1.165, 1.54) is 11.3 Å². The summed E-state index contributed by atoms with van der Waals surface area (Å²) in [5.74, 6) is -1.22. The van der Waals surface area contributed by atoms with Crippen molar-refractivity contribution in [3.8, 4) is 0 Å². The molecule has 0 aliphatic carbocycles. The highest BCUT2D eigenvalue weighted by Gasteiger charge is 2.42. The summed E-state index contributed by atoms with van der Waals surface area (Å²) in [5, 5.41) is 3.95. The lowest BCUT2D eigenvalue weighted by atomic mass is 9.98. The third-order valence-electron chi connectivity index (χ3n) is 3.57. The monoisotopic (exact) mass is 307 g/mol. The maximum Gasteiger partial charge on any atom is 0.393 e. The van der Waals surface area contributed by atoms with Gasteiger partial charge < -0.3 is 10.2 Å². The Balaban J connectivity index is 2.07. The SMILES string of the molecule is CCNCc1sc(N2CCCC(C(F)(F)F)C2)nc1C. The van der Waals surface area contributed by atoms with Gasteiger partial charge in [-0.05, 0) is 26.3 Å². The van der Waals surface area contributed by atoms with Gasteiger partial charge in [0.15, 0.2) is 5.13 Å². The van der Waals surface area contributed by atoms with Gasteiger partial charge in [-0.25, -0.2) is 4.98 Å². The van der Waals surface area contributed by atoms with E-state index in [0.717, 1.165) is 28.8 Å². The van der Waals surface area contributed by atoms with Crippen molar-refractivity contribution in [1.29, 1.82) is 0 Å². The highest BCUT2D eigenvalue weighted by molar-refractivity contribution is 7.15. The summed E-state index contributed by atoms with van der Waals surface area (Å²) in [7, 11) is 0. The second kappa shape index (κ2) is 6.30. The van der Waals surface area contributed by atoms with Crippen molar-refractivity contribution in [3.05, 3.63) is 10.6 Å². The van der Waals surface area contributed by atoms with E-state index < -0.39 is 12.1 Å². The predicted molar refractivity (Wildman–Crippen MR) is 75.2 cm³/mol. The summed E-state index contributed by atoms with van der Waals surface area (Å²) in [5.41, 5.74) is 0.917. The average molecular weight is 307 g/mol. The maximum absolute atomic E-state index is 12.8. The first-order valence-corrected chi connectivity index (χ1v) is 7.72. The smallest absolute Gasteiger partial charge is 0.347 e. The van der Waals surface area contributed by atoms with Gasteiger partial charge in [0.2, 0.25) is 0 Å². The second-order valence-corrected chi connectivity index (χ2v) is 6.17. The fourth-order valence-electron chi connectivity index (χ4n) is 2.37. The number of hydrogen-bond acceptors (Lipinski definition) is 4. The van der Waals surface area contributed by atoms with Gasteiger partial charge in [0.05, 0.1) is 11.6 Å². The van der Waals surface area contributed by atoms with Gasteiger partial charge in [-0.1, -0.05) is 6.92 Å². The molecule has 7 heteroatoms. The number of aryl methyl sites for hydroxylation is 1. The Kier molecular flexibility index (Phi) is 4.90. The number of thiazole rings is 1. The number of piperidine rings is 1. The lowest BCUT2D eigenvalue weighted by molar-refractivity contribution is -0.175. The first kappa shape index (κ1) is 15.6. The highest BCUT2D eigenvalue weighted by atomic mass is 32.1. The van der Waals surface area contributed by atoms with Crippen LogP contribution in [0.3, 0.4) is 0 Å². The molecule has 3 nitrogen and oxygen atoms in total. The molecule has 1 fully saturated rings. The Hall–Kier alpha value is -0.820. The van der Waals surface area contributed by atoms with Gasteiger partial charge in [-0.2, -0.15) is 13.2 Å². The highest BCUT2D eigenvalue weighted by Crippen LogP contribution is 2.36. The first-order chi connectivity index (χ1) is 9.41. The van der Waals surface area contributed by atoms with Crippen LogP contribution in [-0.4, -0.2) is 30.8 Å². The molecule has 0 amide bonds. The predicted octanol–water partition coefficient (Wildman–Crippen LogP) is 3.34. The van der Waals surface area contributed by atoms with Crippen LogP contribution in [0, 0.1) is 12.8 Å². The van der Waals surface area contributed by atoms with E-state index in [4.69, 9.17) is 0 Å². The Bertz CT molecular complexity index is 445. The van der Waals surface area contributed by atoms with Gasteiger partial charge in [0.25, 0.3) is 0 Å². The summed E-state index contributed by atoms with van der Waals surface area (Å²) >= 11 is 1.50. The van der Waals surface area contributed by atoms with Crippen molar-refractivity contribution in [1.82, 2.24) is 10.3 Å². The molecule has 0 aromatic carbocycles. The van der Waals surface area contributed by atoms with Gasteiger partial charge in [-0.15, -0.1) is 11.3 Å². The van der Waals surface area contributed by atoms with E-state index >= 15 is 0 Å². The standard InChI is InChI=1S/C13H20F3N3S/c1-3-17-7-11-9(2)18-12(20-11)19-6-4-5-10(8-19)13(14,15)16/h10,17H,3-8H2,1-2H3. The molecule has 114 valence electrons. The molecular formula is C13H20F3N3S. The molecule has 0 bridgehead atoms. The fourth-order valence-corrected chi connectivity index (χ4v) is 3.43. The molecular weight excluding hydrogens is 287 g/mol. The minimum Gasteiger partial charge on any atom is -0.347 e. The van der Waals surface area contributed by atoms with E-state index in [9.17, 15) is 13.2 Å². The molecule has 1 aliphatic rings. The summed E-state index contributed by atoms with van der Waals surface area (Å²) < 4.78 is 38.5. The maximum atomic E-state index is 12.8. The summed E-state index contributed by atoms with van der Waals surface area (Å²) in [6.07, 6.45) is -3.29. The van der Waals surface area contributed by atoms with Crippen LogP contribution in [0.25, 0.3) is 0 Å². The van der Waals surface area contributed by atoms with Gasteiger partial charge >= 0.3 is 6.18 Å². The average Bonchev–Trinajstić information content (AvgIpc) is 2.77. The summed E-state index contributed by atoms with van der Waals surface area (Å²) in [4.78, 5) is 7.33. The third kappa shape index (κ3) is 3.63. The van der Waals surface area contributed by atoms with Crippen LogP contribution in [0.2, 0.25) is 0 Å². The van der Waals surface area contributed by atoms with Crippen molar-refractivity contribution in [2.24, 2.45) is 5.92 Å². The normalized spacial score (nSPS) is 20.4. The zero-order valence-corrected chi connectivity index (χ0v) is 12.6. The number of nitrogens with one attached hydrogen (secondary N) is 1. The van der Waals surface area contributed by atoms with Crippen LogP contribution in [0.5, 0.6) is 0 Å². The van der Waals surface area contributed by atoms with Gasteiger partial charge in [-0.3, -0.25) is 0 Å². The molecule has 1 aromatic heterocycles. The van der Waals surface area contributed by atoms with E-state index in [2.05, 4.69) is 10.3 Å². The zero-order chi connectivity index (χ0) is 14.8. The van der Waals surface area contributed by atoms with Crippen molar-refractivity contribution < 1.29 is 13.2 Å². The van der Waals surface area contributed by atoms with Gasteiger partial charge in [0, 0.05) is 24.5 Å². The van der Waals surface area contributed by atoms with Crippen molar-refractivity contribution in [2.75, 3.05) is 24.5 Å². The third-order valence-corrected chi connectivity index (χ3v) is 4.79. The Morgan fingerprint density at radius 1 is 1.45 bits per heavy atom. The van der Waals surface area contributed by atoms with E-state index in [0.29, 0.717) is 13.0 Å². The number of hydrogen-bond donors (Lipinski definition) is 1. The number of nitrogens with zero attached hydrogens (tertiary/aromatic N) is 2. The summed E-state index contributed by atoms with van der Waals surface area (Å²) in [6.45, 7) is 6.24. The first-order valence-electron chi connectivity index (χ1n) is 6.90. The number of rotatable bonds is 4. The molecule has 1 aliphatic heterocycles. The molecule has 20 heavy (non-hydrogen) atoms. The van der Waals surface area contributed by atoms with Crippen molar-refractivity contribution in [2.45, 2.75) is 39.4 Å². The second-order valence-electron chi connectivity index (χ2n) is 5.11. The number of alkyl halides is 3. The van der Waals surface area contributed by atoms with Crippen LogP contribution in [0.4, 0.5) is 18.3 Å². The minimum absolute atomic E-state index is 0.0388. The molecule has 2 heterocycles. The topological polar surface area (TPSA) is 28.2 Å². The van der Waals surface area contributed by atoms with Gasteiger partial charge in [0.1, 0.15) is 0 Å². The Labute approximate surface area is 121 Å². The van der Waals surface area contributed by atoms with E-state index in [1.54, 1.807) is 4.90 Å². The molecule has 1 saturated heterocycles. The molecule has 1 aromatic rings. The number of anilines is 1. The zero-order valence-electron chi connectivity index (χ0n) is 11.8. The quantitative estimate of drug-likeness (QED) is 0.925. The molecule has 1 atom stereocenters. The van der Waals surface area contributed by atoms with Crippen LogP contribution in [-0.2, 0) is 6.54 Å². The van der Waals surface area contributed by atoms with Crippen LogP contribution in [0.1, 0.15) is 30.3 Å². The van der Waals surface area contributed by atoms with Crippen LogP contribution < -0.4 is 10.2 Å². The van der Waals surface area contributed by atoms with Crippen molar-refractivity contribution in [3.63, 3.8) is 0 Å². The molecule has 0 radical (unpaired) electrons. The fraction of sp³-hybridized carbons (Fsp3) is 0.769. The van der Waals surface area contributed by atoms with Crippen LogP contribution >= 0.6 is 11.3 Å². The number of halogens is 3. The largest absolute Gasteiger partial charge is 0.393 e. The minimum atomic E-state index is -4.10. The lowest BCUT2D eigenvalue weighted by Crippen LogP contribution is -2.41. The van der Waals surface area contributed by atoms with Crippen molar-refractivity contribution >= 4 is 16.5 Å². The Morgan fingerprint density at radius 3 is 2.85 bits per heavy atom. The molecule has 2 rings (SSSR count). The number of aromatic nitrogens is 1. The van der Waals surface area contributed by atoms with E-state index in [1.807, 2.05) is 13.8 Å².